The molecular weight excluding hydrogens is 228 g/mol. The highest BCUT2D eigenvalue weighted by Gasteiger charge is 2.17. The third-order valence-corrected chi connectivity index (χ3v) is 3.03. The molecule has 0 saturated carbocycles. The summed E-state index contributed by atoms with van der Waals surface area (Å²) in [6.07, 6.45) is 1.76. The molecule has 1 fully saturated rings. The molecule has 0 spiro atoms. The molecule has 1 aliphatic heterocycles. The average Bonchev–Trinajstić information content (AvgIpc) is 2.83. The van der Waals surface area contributed by atoms with Crippen molar-refractivity contribution in [1.29, 1.82) is 0 Å². The Kier molecular flexibility index (Phi) is 2.93. The monoisotopic (exact) mass is 244 g/mol. The van der Waals surface area contributed by atoms with Gasteiger partial charge in [-0.25, -0.2) is 4.68 Å². The smallest absolute Gasteiger partial charge is 0.224 e. The summed E-state index contributed by atoms with van der Waals surface area (Å²) in [6, 6.07) is 5.77. The predicted molar refractivity (Wildman–Crippen MR) is 69.3 cm³/mol. The molecule has 3 heterocycles. The maximum atomic E-state index is 4.59. The lowest BCUT2D eigenvalue weighted by Crippen LogP contribution is -2.44. The van der Waals surface area contributed by atoms with Gasteiger partial charge in [0.2, 0.25) is 11.8 Å². The molecule has 1 N–H and O–H groups in total. The van der Waals surface area contributed by atoms with E-state index in [2.05, 4.69) is 25.3 Å². The second-order valence-corrected chi connectivity index (χ2v) is 4.31. The SMILES string of the molecule is Cn1nc(-c2ccccn2)nc1N1CCNCC1. The number of aryl methyl sites for hydroxylation is 1. The molecule has 2 aromatic rings. The van der Waals surface area contributed by atoms with E-state index < -0.39 is 0 Å². The molecule has 0 bridgehead atoms. The van der Waals surface area contributed by atoms with Gasteiger partial charge in [0, 0.05) is 39.4 Å². The number of nitrogens with one attached hydrogen (secondary N) is 1. The zero-order valence-electron chi connectivity index (χ0n) is 10.4. The fraction of sp³-hybridized carbons (Fsp3) is 0.417. The Bertz CT molecular complexity index is 515. The van der Waals surface area contributed by atoms with Crippen molar-refractivity contribution in [2.24, 2.45) is 7.05 Å². The van der Waals surface area contributed by atoms with Crippen molar-refractivity contribution in [2.75, 3.05) is 31.1 Å². The number of hydrogen-bond donors (Lipinski definition) is 1. The molecular formula is C12H16N6. The van der Waals surface area contributed by atoms with E-state index >= 15 is 0 Å². The van der Waals surface area contributed by atoms with Crippen LogP contribution in [-0.2, 0) is 7.05 Å². The van der Waals surface area contributed by atoms with E-state index in [1.807, 2.05) is 29.9 Å². The van der Waals surface area contributed by atoms with Crippen LogP contribution in [0.25, 0.3) is 11.5 Å². The number of rotatable bonds is 2. The zero-order chi connectivity index (χ0) is 12.4. The predicted octanol–water partition coefficient (Wildman–Crippen LogP) is 0.287. The summed E-state index contributed by atoms with van der Waals surface area (Å²) in [5.74, 6) is 1.60. The summed E-state index contributed by atoms with van der Waals surface area (Å²) >= 11 is 0. The Labute approximate surface area is 106 Å². The minimum atomic E-state index is 0.687. The third-order valence-electron chi connectivity index (χ3n) is 3.03. The van der Waals surface area contributed by atoms with Crippen LogP contribution in [0.2, 0.25) is 0 Å². The van der Waals surface area contributed by atoms with Crippen LogP contribution in [-0.4, -0.2) is 45.9 Å². The van der Waals surface area contributed by atoms with Gasteiger partial charge in [0.15, 0.2) is 0 Å². The Morgan fingerprint density at radius 2 is 2.06 bits per heavy atom. The van der Waals surface area contributed by atoms with Crippen LogP contribution in [0, 0.1) is 0 Å². The van der Waals surface area contributed by atoms with Crippen molar-refractivity contribution in [1.82, 2.24) is 25.1 Å². The highest BCUT2D eigenvalue weighted by Crippen LogP contribution is 2.17. The van der Waals surface area contributed by atoms with Gasteiger partial charge in [-0.1, -0.05) is 6.07 Å². The first kappa shape index (κ1) is 11.2. The number of pyridine rings is 1. The normalized spacial score (nSPS) is 15.9. The van der Waals surface area contributed by atoms with Crippen molar-refractivity contribution < 1.29 is 0 Å². The van der Waals surface area contributed by atoms with Crippen LogP contribution < -0.4 is 10.2 Å². The number of hydrogen-bond acceptors (Lipinski definition) is 5. The van der Waals surface area contributed by atoms with Crippen molar-refractivity contribution >= 4 is 5.95 Å². The van der Waals surface area contributed by atoms with Crippen molar-refractivity contribution in [3.8, 4) is 11.5 Å². The first-order valence-electron chi connectivity index (χ1n) is 6.13. The van der Waals surface area contributed by atoms with Crippen LogP contribution in [0.3, 0.4) is 0 Å². The minimum Gasteiger partial charge on any atom is -0.338 e. The summed E-state index contributed by atoms with van der Waals surface area (Å²) in [6.45, 7) is 3.92. The average molecular weight is 244 g/mol. The molecule has 18 heavy (non-hydrogen) atoms. The van der Waals surface area contributed by atoms with Crippen LogP contribution in [0.4, 0.5) is 5.95 Å². The Hall–Kier alpha value is -1.95. The van der Waals surface area contributed by atoms with Gasteiger partial charge in [-0.2, -0.15) is 4.98 Å². The zero-order valence-corrected chi connectivity index (χ0v) is 10.4. The van der Waals surface area contributed by atoms with Crippen molar-refractivity contribution in [3.63, 3.8) is 0 Å². The van der Waals surface area contributed by atoms with Gasteiger partial charge in [0.25, 0.3) is 0 Å². The molecule has 6 nitrogen and oxygen atoms in total. The van der Waals surface area contributed by atoms with Gasteiger partial charge in [-0.3, -0.25) is 4.98 Å². The Balaban J connectivity index is 1.91. The number of aromatic nitrogens is 4. The molecule has 1 aliphatic rings. The molecule has 2 aromatic heterocycles. The first-order valence-corrected chi connectivity index (χ1v) is 6.13. The molecule has 94 valence electrons. The fourth-order valence-corrected chi connectivity index (χ4v) is 2.12. The quantitative estimate of drug-likeness (QED) is 0.822. The van der Waals surface area contributed by atoms with Gasteiger partial charge >= 0.3 is 0 Å². The first-order chi connectivity index (χ1) is 8.84. The maximum Gasteiger partial charge on any atom is 0.224 e. The molecule has 0 amide bonds. The van der Waals surface area contributed by atoms with E-state index in [0.717, 1.165) is 37.8 Å². The van der Waals surface area contributed by atoms with E-state index in [9.17, 15) is 0 Å². The summed E-state index contributed by atoms with van der Waals surface area (Å²) in [7, 11) is 1.93. The van der Waals surface area contributed by atoms with E-state index in [4.69, 9.17) is 0 Å². The highest BCUT2D eigenvalue weighted by molar-refractivity contribution is 5.51. The molecule has 0 atom stereocenters. The summed E-state index contributed by atoms with van der Waals surface area (Å²) < 4.78 is 1.83. The number of anilines is 1. The van der Waals surface area contributed by atoms with Gasteiger partial charge in [-0.15, -0.1) is 5.10 Å². The Morgan fingerprint density at radius 3 is 2.78 bits per heavy atom. The second-order valence-electron chi connectivity index (χ2n) is 4.31. The van der Waals surface area contributed by atoms with Crippen LogP contribution >= 0.6 is 0 Å². The van der Waals surface area contributed by atoms with Crippen molar-refractivity contribution in [3.05, 3.63) is 24.4 Å². The standard InChI is InChI=1S/C12H16N6/c1-17-12(18-8-6-13-7-9-18)15-11(16-17)10-4-2-3-5-14-10/h2-5,13H,6-9H2,1H3. The van der Waals surface area contributed by atoms with Crippen LogP contribution in [0.5, 0.6) is 0 Å². The van der Waals surface area contributed by atoms with Gasteiger partial charge < -0.3 is 10.2 Å². The molecule has 0 aliphatic carbocycles. The van der Waals surface area contributed by atoms with Gasteiger partial charge in [0.1, 0.15) is 5.69 Å². The summed E-state index contributed by atoms with van der Waals surface area (Å²) in [4.78, 5) is 11.1. The summed E-state index contributed by atoms with van der Waals surface area (Å²) in [5, 5.41) is 7.77. The van der Waals surface area contributed by atoms with E-state index in [1.54, 1.807) is 6.20 Å². The molecule has 3 rings (SSSR count). The molecule has 0 aromatic carbocycles. The van der Waals surface area contributed by atoms with Crippen molar-refractivity contribution in [2.45, 2.75) is 0 Å². The van der Waals surface area contributed by atoms with Crippen LogP contribution in [0.15, 0.2) is 24.4 Å². The van der Waals surface area contributed by atoms with Crippen LogP contribution in [0.1, 0.15) is 0 Å². The molecule has 1 saturated heterocycles. The van der Waals surface area contributed by atoms with E-state index in [-0.39, 0.29) is 0 Å². The molecule has 6 heteroatoms. The number of piperazine rings is 1. The third kappa shape index (κ3) is 2.06. The topological polar surface area (TPSA) is 58.9 Å². The largest absolute Gasteiger partial charge is 0.338 e. The van der Waals surface area contributed by atoms with Gasteiger partial charge in [0.05, 0.1) is 0 Å². The lowest BCUT2D eigenvalue weighted by molar-refractivity contribution is 0.568. The van der Waals surface area contributed by atoms with E-state index in [0.29, 0.717) is 5.82 Å². The lowest BCUT2D eigenvalue weighted by Gasteiger charge is -2.27. The lowest BCUT2D eigenvalue weighted by atomic mass is 10.3. The Morgan fingerprint density at radius 1 is 1.22 bits per heavy atom. The highest BCUT2D eigenvalue weighted by atomic mass is 15.4. The molecule has 0 unspecified atom stereocenters. The number of nitrogens with zero attached hydrogens (tertiary/aromatic N) is 5. The summed E-state index contributed by atoms with van der Waals surface area (Å²) in [5.41, 5.74) is 0.814. The second kappa shape index (κ2) is 4.73. The van der Waals surface area contributed by atoms with Gasteiger partial charge in [-0.05, 0) is 12.1 Å². The maximum absolute atomic E-state index is 4.59. The molecule has 0 radical (unpaired) electrons. The minimum absolute atomic E-state index is 0.687. The van der Waals surface area contributed by atoms with E-state index in [1.165, 1.54) is 0 Å². The fourth-order valence-electron chi connectivity index (χ4n) is 2.12.